The smallest absolute Gasteiger partial charge is 0.340 e. The molecule has 0 aliphatic heterocycles. The first-order chi connectivity index (χ1) is 12.3. The van der Waals surface area contributed by atoms with E-state index in [1.807, 2.05) is 24.3 Å². The molecule has 4 nitrogen and oxygen atoms in total. The molecule has 0 spiro atoms. The molecule has 2 aromatic carbocycles. The van der Waals surface area contributed by atoms with Crippen LogP contribution in [0, 0.1) is 0 Å². The Morgan fingerprint density at radius 3 is 2.27 bits per heavy atom. The third kappa shape index (κ3) is 4.13. The van der Waals surface area contributed by atoms with Crippen LogP contribution in [0.5, 0.6) is 0 Å². The van der Waals surface area contributed by atoms with Gasteiger partial charge in [0.2, 0.25) is 5.95 Å². The number of nitrogens with one attached hydrogen (secondary N) is 1. The number of para-hydroxylation sites is 1. The molecule has 134 valence electrons. The molecule has 0 amide bonds. The molecule has 0 saturated carbocycles. The minimum absolute atomic E-state index is 0.152. The van der Waals surface area contributed by atoms with E-state index in [4.69, 9.17) is 0 Å². The number of hydrogen-bond donors (Lipinski definition) is 1. The summed E-state index contributed by atoms with van der Waals surface area (Å²) < 4.78 is 40.8. The standard InChI is InChI=1S/C18H14BrF3N4/c1-26(14-9-7-12(19)8-10-14)17-23-11-15(18(20,21)22)16(25-17)24-13-5-3-2-4-6-13/h2-11H,1H3,(H,23,24,25). The number of nitrogens with zero attached hydrogens (tertiary/aromatic N) is 3. The molecule has 0 aliphatic carbocycles. The van der Waals surface area contributed by atoms with Crippen molar-refractivity contribution >= 4 is 39.1 Å². The summed E-state index contributed by atoms with van der Waals surface area (Å²) in [6.45, 7) is 0. The van der Waals surface area contributed by atoms with E-state index in [-0.39, 0.29) is 11.8 Å². The van der Waals surface area contributed by atoms with Gasteiger partial charge in [0.25, 0.3) is 0 Å². The van der Waals surface area contributed by atoms with Crippen molar-refractivity contribution in [3.8, 4) is 0 Å². The number of aromatic nitrogens is 2. The van der Waals surface area contributed by atoms with Crippen LogP contribution in [-0.2, 0) is 6.18 Å². The highest BCUT2D eigenvalue weighted by molar-refractivity contribution is 9.10. The van der Waals surface area contributed by atoms with Crippen molar-refractivity contribution in [2.24, 2.45) is 0 Å². The first-order valence-corrected chi connectivity index (χ1v) is 8.39. The lowest BCUT2D eigenvalue weighted by atomic mass is 10.2. The monoisotopic (exact) mass is 422 g/mol. The van der Waals surface area contributed by atoms with Gasteiger partial charge in [0.1, 0.15) is 11.4 Å². The lowest BCUT2D eigenvalue weighted by Gasteiger charge is -2.20. The third-order valence-electron chi connectivity index (χ3n) is 3.63. The highest BCUT2D eigenvalue weighted by Crippen LogP contribution is 2.36. The van der Waals surface area contributed by atoms with Gasteiger partial charge in [-0.15, -0.1) is 0 Å². The number of rotatable bonds is 4. The van der Waals surface area contributed by atoms with Crippen molar-refractivity contribution in [1.29, 1.82) is 0 Å². The first-order valence-electron chi connectivity index (χ1n) is 7.60. The van der Waals surface area contributed by atoms with Crippen molar-refractivity contribution in [2.75, 3.05) is 17.3 Å². The maximum Gasteiger partial charge on any atom is 0.421 e. The largest absolute Gasteiger partial charge is 0.421 e. The van der Waals surface area contributed by atoms with Crippen LogP contribution in [0.1, 0.15) is 5.56 Å². The number of benzene rings is 2. The molecule has 0 saturated heterocycles. The lowest BCUT2D eigenvalue weighted by Crippen LogP contribution is -2.17. The minimum Gasteiger partial charge on any atom is -0.340 e. The molecule has 0 unspecified atom stereocenters. The van der Waals surface area contributed by atoms with Gasteiger partial charge in [0, 0.05) is 29.1 Å². The second kappa shape index (κ2) is 7.33. The number of anilines is 4. The molecule has 1 N–H and O–H groups in total. The van der Waals surface area contributed by atoms with E-state index >= 15 is 0 Å². The Kier molecular flexibility index (Phi) is 5.13. The maximum absolute atomic E-state index is 13.3. The molecule has 0 bridgehead atoms. The summed E-state index contributed by atoms with van der Waals surface area (Å²) in [5.74, 6) is -0.142. The fourth-order valence-electron chi connectivity index (χ4n) is 2.28. The van der Waals surface area contributed by atoms with Crippen LogP contribution in [0.25, 0.3) is 0 Å². The van der Waals surface area contributed by atoms with Gasteiger partial charge in [-0.25, -0.2) is 4.98 Å². The van der Waals surface area contributed by atoms with Crippen LogP contribution >= 0.6 is 15.9 Å². The predicted molar refractivity (Wildman–Crippen MR) is 99.0 cm³/mol. The van der Waals surface area contributed by atoms with Gasteiger partial charge in [-0.2, -0.15) is 18.2 Å². The SMILES string of the molecule is CN(c1ccc(Br)cc1)c1ncc(C(F)(F)F)c(Nc2ccccc2)n1. The topological polar surface area (TPSA) is 41.1 Å². The fourth-order valence-corrected chi connectivity index (χ4v) is 2.54. The Morgan fingerprint density at radius 2 is 1.65 bits per heavy atom. The van der Waals surface area contributed by atoms with Crippen molar-refractivity contribution in [1.82, 2.24) is 9.97 Å². The van der Waals surface area contributed by atoms with E-state index < -0.39 is 11.7 Å². The van der Waals surface area contributed by atoms with E-state index in [2.05, 4.69) is 31.2 Å². The van der Waals surface area contributed by atoms with Crippen molar-refractivity contribution in [3.05, 3.63) is 70.8 Å². The number of hydrogen-bond acceptors (Lipinski definition) is 4. The van der Waals surface area contributed by atoms with Crippen LogP contribution in [0.3, 0.4) is 0 Å². The van der Waals surface area contributed by atoms with E-state index in [0.29, 0.717) is 5.69 Å². The van der Waals surface area contributed by atoms with Gasteiger partial charge in [0.05, 0.1) is 0 Å². The summed E-state index contributed by atoms with van der Waals surface area (Å²) >= 11 is 3.35. The Bertz CT molecular complexity index is 883. The van der Waals surface area contributed by atoms with E-state index in [9.17, 15) is 13.2 Å². The minimum atomic E-state index is -4.56. The zero-order valence-corrected chi connectivity index (χ0v) is 15.2. The van der Waals surface area contributed by atoms with E-state index in [0.717, 1.165) is 16.4 Å². The van der Waals surface area contributed by atoms with Crippen LogP contribution < -0.4 is 10.2 Å². The highest BCUT2D eigenvalue weighted by atomic mass is 79.9. The Balaban J connectivity index is 2.00. The van der Waals surface area contributed by atoms with E-state index in [1.54, 1.807) is 42.3 Å². The molecule has 26 heavy (non-hydrogen) atoms. The van der Waals surface area contributed by atoms with Gasteiger partial charge in [-0.3, -0.25) is 0 Å². The fraction of sp³-hybridized carbons (Fsp3) is 0.111. The zero-order valence-electron chi connectivity index (χ0n) is 13.6. The molecule has 3 aromatic rings. The van der Waals surface area contributed by atoms with Gasteiger partial charge in [-0.05, 0) is 36.4 Å². The van der Waals surface area contributed by atoms with Crippen LogP contribution in [0.15, 0.2) is 65.3 Å². The quantitative estimate of drug-likeness (QED) is 0.579. The van der Waals surface area contributed by atoms with Crippen molar-refractivity contribution < 1.29 is 13.2 Å². The van der Waals surface area contributed by atoms with Gasteiger partial charge < -0.3 is 10.2 Å². The van der Waals surface area contributed by atoms with Crippen molar-refractivity contribution in [3.63, 3.8) is 0 Å². The molecular weight excluding hydrogens is 409 g/mol. The van der Waals surface area contributed by atoms with Gasteiger partial charge >= 0.3 is 6.18 Å². The van der Waals surface area contributed by atoms with Gasteiger partial charge in [-0.1, -0.05) is 34.1 Å². The molecule has 0 radical (unpaired) electrons. The van der Waals surface area contributed by atoms with E-state index in [1.165, 1.54) is 0 Å². The maximum atomic E-state index is 13.3. The summed E-state index contributed by atoms with van der Waals surface area (Å²) in [7, 11) is 1.69. The molecule has 1 heterocycles. The van der Waals surface area contributed by atoms with Crippen LogP contribution in [-0.4, -0.2) is 17.0 Å². The average Bonchev–Trinajstić information content (AvgIpc) is 2.61. The molecular formula is C18H14BrF3N4. The summed E-state index contributed by atoms with van der Waals surface area (Å²) in [4.78, 5) is 9.61. The van der Waals surface area contributed by atoms with Crippen LogP contribution in [0.2, 0.25) is 0 Å². The first kappa shape index (κ1) is 18.2. The van der Waals surface area contributed by atoms with Gasteiger partial charge in [0.15, 0.2) is 0 Å². The van der Waals surface area contributed by atoms with Crippen LogP contribution in [0.4, 0.5) is 36.3 Å². The summed E-state index contributed by atoms with van der Waals surface area (Å²) in [5, 5.41) is 2.73. The van der Waals surface area contributed by atoms with Crippen molar-refractivity contribution in [2.45, 2.75) is 6.18 Å². The molecule has 0 fully saturated rings. The Hall–Kier alpha value is -2.61. The molecule has 1 aromatic heterocycles. The average molecular weight is 423 g/mol. The zero-order chi connectivity index (χ0) is 18.7. The Labute approximate surface area is 156 Å². The third-order valence-corrected chi connectivity index (χ3v) is 4.16. The number of halogens is 4. The Morgan fingerprint density at radius 1 is 1.00 bits per heavy atom. The summed E-state index contributed by atoms with van der Waals surface area (Å²) in [6, 6.07) is 15.9. The normalized spacial score (nSPS) is 11.3. The molecule has 3 rings (SSSR count). The second-order valence-corrected chi connectivity index (χ2v) is 6.37. The second-order valence-electron chi connectivity index (χ2n) is 5.46. The molecule has 8 heteroatoms. The lowest BCUT2D eigenvalue weighted by molar-refractivity contribution is -0.137. The highest BCUT2D eigenvalue weighted by Gasteiger charge is 2.35. The summed E-state index contributed by atoms with van der Waals surface area (Å²) in [6.07, 6.45) is -3.77. The predicted octanol–water partition coefficient (Wildman–Crippen LogP) is 5.77. The molecule has 0 aliphatic rings. The summed E-state index contributed by atoms with van der Waals surface area (Å²) in [5.41, 5.74) is 0.335. The number of alkyl halides is 3. The molecule has 0 atom stereocenters.